The van der Waals surface area contributed by atoms with Gasteiger partial charge in [-0.05, 0) is 42.5 Å². The molecular formula is C22H25N3O3. The van der Waals surface area contributed by atoms with Gasteiger partial charge in [0.2, 0.25) is 11.8 Å². The molecule has 1 aliphatic heterocycles. The number of nitrogens with zero attached hydrogens (tertiary/aromatic N) is 1. The Morgan fingerprint density at radius 2 is 2.11 bits per heavy atom. The molecule has 2 amide bonds. The standard InChI is InChI=1S/C22H25N3O3/c26-20(23-12-14-25-13-9-17-4-1-2-6-19(17)25)7-10-22(11-8-21(27)24-22)16-18-5-3-15-28-18/h1-6,9,13,15H,7-8,10-12,14,16H2,(H,23,26)(H,24,27). The Labute approximate surface area is 163 Å². The highest BCUT2D eigenvalue weighted by Gasteiger charge is 2.38. The van der Waals surface area contributed by atoms with Crippen LogP contribution in [0.3, 0.4) is 0 Å². The number of aromatic nitrogens is 1. The second kappa shape index (κ2) is 7.92. The van der Waals surface area contributed by atoms with Crippen LogP contribution in [0.2, 0.25) is 0 Å². The molecule has 1 fully saturated rings. The van der Waals surface area contributed by atoms with Gasteiger partial charge in [-0.25, -0.2) is 0 Å². The summed E-state index contributed by atoms with van der Waals surface area (Å²) in [6.45, 7) is 1.31. The van der Waals surface area contributed by atoms with E-state index in [0.29, 0.717) is 32.2 Å². The van der Waals surface area contributed by atoms with E-state index in [0.717, 1.165) is 18.7 Å². The first-order valence-corrected chi connectivity index (χ1v) is 9.78. The van der Waals surface area contributed by atoms with Gasteiger partial charge in [-0.15, -0.1) is 0 Å². The van der Waals surface area contributed by atoms with Crippen LogP contribution in [0.4, 0.5) is 0 Å². The highest BCUT2D eigenvalue weighted by Crippen LogP contribution is 2.29. The highest BCUT2D eigenvalue weighted by molar-refractivity contribution is 5.81. The van der Waals surface area contributed by atoms with Crippen LogP contribution in [0.5, 0.6) is 0 Å². The Morgan fingerprint density at radius 1 is 1.21 bits per heavy atom. The number of carbonyl (C=O) groups is 2. The van der Waals surface area contributed by atoms with Crippen LogP contribution in [0.15, 0.2) is 59.3 Å². The summed E-state index contributed by atoms with van der Waals surface area (Å²) >= 11 is 0. The summed E-state index contributed by atoms with van der Waals surface area (Å²) in [5.74, 6) is 0.893. The number of carbonyl (C=O) groups excluding carboxylic acids is 2. The zero-order valence-electron chi connectivity index (χ0n) is 15.8. The summed E-state index contributed by atoms with van der Waals surface area (Å²) in [4.78, 5) is 24.2. The zero-order chi connectivity index (χ0) is 19.4. The van der Waals surface area contributed by atoms with E-state index in [1.807, 2.05) is 30.5 Å². The number of para-hydroxylation sites is 1. The van der Waals surface area contributed by atoms with Crippen molar-refractivity contribution < 1.29 is 14.0 Å². The molecule has 4 rings (SSSR count). The molecule has 6 nitrogen and oxygen atoms in total. The van der Waals surface area contributed by atoms with Crippen molar-refractivity contribution in [2.24, 2.45) is 0 Å². The van der Waals surface area contributed by atoms with Crippen LogP contribution in [0.25, 0.3) is 10.9 Å². The van der Waals surface area contributed by atoms with Gasteiger partial charge in [0, 0.05) is 49.6 Å². The molecule has 1 atom stereocenters. The average molecular weight is 379 g/mol. The largest absolute Gasteiger partial charge is 0.469 e. The molecule has 1 aliphatic rings. The predicted octanol–water partition coefficient (Wildman–Crippen LogP) is 3.02. The molecule has 0 aliphatic carbocycles. The van der Waals surface area contributed by atoms with Crippen molar-refractivity contribution in [3.05, 3.63) is 60.7 Å². The Balaban J connectivity index is 1.28. The normalized spacial score (nSPS) is 19.1. The van der Waals surface area contributed by atoms with Gasteiger partial charge >= 0.3 is 0 Å². The summed E-state index contributed by atoms with van der Waals surface area (Å²) in [6, 6.07) is 14.0. The third-order valence-electron chi connectivity index (χ3n) is 5.51. The monoisotopic (exact) mass is 379 g/mol. The molecule has 2 N–H and O–H groups in total. The number of hydrogen-bond donors (Lipinski definition) is 2. The number of rotatable bonds is 8. The molecule has 0 bridgehead atoms. The summed E-state index contributed by atoms with van der Waals surface area (Å²) in [5.41, 5.74) is 0.783. The second-order valence-corrected chi connectivity index (χ2v) is 7.50. The van der Waals surface area contributed by atoms with Crippen molar-refractivity contribution in [2.45, 2.75) is 44.2 Å². The number of furan rings is 1. The third-order valence-corrected chi connectivity index (χ3v) is 5.51. The lowest BCUT2D eigenvalue weighted by molar-refractivity contribution is -0.122. The Hall–Kier alpha value is -3.02. The third kappa shape index (κ3) is 4.11. The van der Waals surface area contributed by atoms with Gasteiger partial charge < -0.3 is 19.6 Å². The summed E-state index contributed by atoms with van der Waals surface area (Å²) < 4.78 is 7.59. The number of fused-ring (bicyclic) bond motifs is 1. The fourth-order valence-electron chi connectivity index (χ4n) is 4.02. The maximum atomic E-state index is 12.4. The smallest absolute Gasteiger partial charge is 0.220 e. The maximum absolute atomic E-state index is 12.4. The predicted molar refractivity (Wildman–Crippen MR) is 107 cm³/mol. The van der Waals surface area contributed by atoms with E-state index in [9.17, 15) is 9.59 Å². The van der Waals surface area contributed by atoms with E-state index >= 15 is 0 Å². The van der Waals surface area contributed by atoms with Gasteiger partial charge in [0.15, 0.2) is 0 Å². The van der Waals surface area contributed by atoms with Crippen molar-refractivity contribution >= 4 is 22.7 Å². The van der Waals surface area contributed by atoms with Crippen molar-refractivity contribution in [3.8, 4) is 0 Å². The number of amides is 2. The topological polar surface area (TPSA) is 76.3 Å². The van der Waals surface area contributed by atoms with Crippen molar-refractivity contribution in [3.63, 3.8) is 0 Å². The van der Waals surface area contributed by atoms with E-state index in [-0.39, 0.29) is 17.4 Å². The van der Waals surface area contributed by atoms with E-state index in [2.05, 4.69) is 33.4 Å². The molecule has 6 heteroatoms. The zero-order valence-corrected chi connectivity index (χ0v) is 15.8. The van der Waals surface area contributed by atoms with Gasteiger partial charge in [-0.3, -0.25) is 9.59 Å². The number of hydrogen-bond acceptors (Lipinski definition) is 3. The summed E-state index contributed by atoms with van der Waals surface area (Å²) in [5, 5.41) is 7.28. The fourth-order valence-corrected chi connectivity index (χ4v) is 4.02. The lowest BCUT2D eigenvalue weighted by Gasteiger charge is -2.28. The Morgan fingerprint density at radius 3 is 2.89 bits per heavy atom. The van der Waals surface area contributed by atoms with Crippen LogP contribution in [0, 0.1) is 0 Å². The molecule has 0 spiro atoms. The van der Waals surface area contributed by atoms with Gasteiger partial charge in [0.05, 0.1) is 6.26 Å². The molecule has 0 saturated carbocycles. The van der Waals surface area contributed by atoms with Crippen LogP contribution in [0.1, 0.15) is 31.4 Å². The van der Waals surface area contributed by atoms with E-state index in [1.165, 1.54) is 10.9 Å². The van der Waals surface area contributed by atoms with E-state index in [1.54, 1.807) is 6.26 Å². The highest BCUT2D eigenvalue weighted by atomic mass is 16.3. The van der Waals surface area contributed by atoms with Crippen molar-refractivity contribution in [1.82, 2.24) is 15.2 Å². The molecule has 1 aromatic carbocycles. The molecule has 1 unspecified atom stereocenters. The minimum atomic E-state index is -0.386. The molecule has 28 heavy (non-hydrogen) atoms. The van der Waals surface area contributed by atoms with Gasteiger partial charge in [-0.2, -0.15) is 0 Å². The lowest BCUT2D eigenvalue weighted by Crippen LogP contribution is -2.44. The summed E-state index contributed by atoms with van der Waals surface area (Å²) in [7, 11) is 0. The SMILES string of the molecule is O=C(CCC1(Cc2ccco2)CCC(=O)N1)NCCn1ccc2ccccc21. The van der Waals surface area contributed by atoms with Crippen LogP contribution in [-0.2, 0) is 22.6 Å². The second-order valence-electron chi connectivity index (χ2n) is 7.50. The molecule has 3 heterocycles. The van der Waals surface area contributed by atoms with Gasteiger partial charge in [0.1, 0.15) is 5.76 Å². The molecule has 2 aromatic heterocycles. The first kappa shape index (κ1) is 18.3. The quantitative estimate of drug-likeness (QED) is 0.632. The van der Waals surface area contributed by atoms with Gasteiger partial charge in [0.25, 0.3) is 0 Å². The minimum Gasteiger partial charge on any atom is -0.469 e. The number of nitrogens with one attached hydrogen (secondary N) is 2. The molecular weight excluding hydrogens is 354 g/mol. The summed E-state index contributed by atoms with van der Waals surface area (Å²) in [6.07, 6.45) is 6.53. The van der Waals surface area contributed by atoms with Crippen LogP contribution in [-0.4, -0.2) is 28.5 Å². The average Bonchev–Trinajstić information content (AvgIpc) is 3.42. The van der Waals surface area contributed by atoms with Gasteiger partial charge in [-0.1, -0.05) is 18.2 Å². The Bertz CT molecular complexity index is 960. The molecule has 1 saturated heterocycles. The molecule has 146 valence electrons. The minimum absolute atomic E-state index is 0.0106. The van der Waals surface area contributed by atoms with E-state index in [4.69, 9.17) is 4.42 Å². The fraction of sp³-hybridized carbons (Fsp3) is 0.364. The van der Waals surface area contributed by atoms with Crippen molar-refractivity contribution in [2.75, 3.05) is 6.54 Å². The lowest BCUT2D eigenvalue weighted by atomic mass is 9.87. The van der Waals surface area contributed by atoms with E-state index < -0.39 is 0 Å². The molecule has 0 radical (unpaired) electrons. The van der Waals surface area contributed by atoms with Crippen LogP contribution >= 0.6 is 0 Å². The Kier molecular flexibility index (Phi) is 5.19. The van der Waals surface area contributed by atoms with Crippen molar-refractivity contribution in [1.29, 1.82) is 0 Å². The maximum Gasteiger partial charge on any atom is 0.220 e. The first-order chi connectivity index (χ1) is 13.6. The van der Waals surface area contributed by atoms with Crippen LogP contribution < -0.4 is 10.6 Å². The first-order valence-electron chi connectivity index (χ1n) is 9.78. The molecule has 3 aromatic rings. The number of benzene rings is 1.